The van der Waals surface area contributed by atoms with Crippen molar-refractivity contribution in [1.82, 2.24) is 4.90 Å². The monoisotopic (exact) mass is 233 g/mol. The fraction of sp³-hybridized carbons (Fsp3) is 0.500. The van der Waals surface area contributed by atoms with E-state index in [-0.39, 0.29) is 11.7 Å². The van der Waals surface area contributed by atoms with Gasteiger partial charge in [0.1, 0.15) is 5.75 Å². The van der Waals surface area contributed by atoms with E-state index in [4.69, 9.17) is 0 Å². The Morgan fingerprint density at radius 3 is 3.00 bits per heavy atom. The number of hydrogen-bond donors (Lipinski definition) is 1. The van der Waals surface area contributed by atoms with E-state index in [2.05, 4.69) is 6.92 Å². The van der Waals surface area contributed by atoms with Gasteiger partial charge in [-0.2, -0.15) is 0 Å². The van der Waals surface area contributed by atoms with Gasteiger partial charge in [0.25, 0.3) is 5.91 Å². The lowest BCUT2D eigenvalue weighted by atomic mass is 10.1. The molecule has 1 aliphatic rings. The summed E-state index contributed by atoms with van der Waals surface area (Å²) in [4.78, 5) is 14.4. The molecule has 1 aromatic rings. The second kappa shape index (κ2) is 4.78. The number of hydrogen-bond acceptors (Lipinski definition) is 2. The molecule has 2 rings (SSSR count). The summed E-state index contributed by atoms with van der Waals surface area (Å²) < 4.78 is 0. The zero-order valence-electron chi connectivity index (χ0n) is 10.4. The maximum atomic E-state index is 12.4. The molecule has 3 heteroatoms. The van der Waals surface area contributed by atoms with Crippen LogP contribution in [0.5, 0.6) is 5.75 Å². The van der Waals surface area contributed by atoms with Crippen molar-refractivity contribution in [3.63, 3.8) is 0 Å². The number of benzene rings is 1. The third-order valence-corrected chi connectivity index (χ3v) is 3.64. The summed E-state index contributed by atoms with van der Waals surface area (Å²) in [6.45, 7) is 4.75. The number of nitrogens with zero attached hydrogens (tertiary/aromatic N) is 1. The minimum absolute atomic E-state index is 0.0581. The molecule has 1 atom stereocenters. The van der Waals surface area contributed by atoms with Gasteiger partial charge in [0.05, 0.1) is 0 Å². The molecule has 17 heavy (non-hydrogen) atoms. The van der Waals surface area contributed by atoms with Gasteiger partial charge < -0.3 is 10.0 Å². The van der Waals surface area contributed by atoms with Crippen LogP contribution in [0, 0.1) is 6.92 Å². The SMILES string of the molecule is CCC1CCCN1C(=O)c1cccc(O)c1C. The molecule has 1 aromatic carbocycles. The first-order chi connectivity index (χ1) is 8.15. The van der Waals surface area contributed by atoms with Crippen molar-refractivity contribution in [2.75, 3.05) is 6.54 Å². The number of phenols is 1. The lowest BCUT2D eigenvalue weighted by Crippen LogP contribution is -2.35. The number of aromatic hydroxyl groups is 1. The summed E-state index contributed by atoms with van der Waals surface area (Å²) in [5, 5.41) is 9.64. The van der Waals surface area contributed by atoms with Crippen molar-refractivity contribution in [2.24, 2.45) is 0 Å². The quantitative estimate of drug-likeness (QED) is 0.853. The van der Waals surface area contributed by atoms with E-state index in [1.54, 1.807) is 25.1 Å². The first-order valence-corrected chi connectivity index (χ1v) is 6.24. The van der Waals surface area contributed by atoms with Crippen molar-refractivity contribution < 1.29 is 9.90 Å². The summed E-state index contributed by atoms with van der Waals surface area (Å²) in [5.74, 6) is 0.255. The highest BCUT2D eigenvalue weighted by Crippen LogP contribution is 2.26. The molecule has 0 aromatic heterocycles. The van der Waals surface area contributed by atoms with E-state index in [1.807, 2.05) is 4.90 Å². The van der Waals surface area contributed by atoms with Crippen LogP contribution in [0.15, 0.2) is 18.2 Å². The zero-order valence-corrected chi connectivity index (χ0v) is 10.4. The van der Waals surface area contributed by atoms with Crippen LogP contribution in [0.1, 0.15) is 42.1 Å². The molecule has 1 aliphatic heterocycles. The molecule has 1 amide bonds. The van der Waals surface area contributed by atoms with Crippen molar-refractivity contribution in [2.45, 2.75) is 39.2 Å². The Kier molecular flexibility index (Phi) is 3.36. The fourth-order valence-corrected chi connectivity index (χ4v) is 2.54. The van der Waals surface area contributed by atoms with Crippen LogP contribution in [0.4, 0.5) is 0 Å². The van der Waals surface area contributed by atoms with Crippen molar-refractivity contribution in [3.05, 3.63) is 29.3 Å². The van der Waals surface area contributed by atoms with Gasteiger partial charge in [-0.25, -0.2) is 0 Å². The van der Waals surface area contributed by atoms with Crippen LogP contribution in [0.25, 0.3) is 0 Å². The van der Waals surface area contributed by atoms with Crippen LogP contribution in [-0.2, 0) is 0 Å². The van der Waals surface area contributed by atoms with E-state index < -0.39 is 0 Å². The molecule has 0 aliphatic carbocycles. The molecule has 92 valence electrons. The molecule has 1 fully saturated rings. The first-order valence-electron chi connectivity index (χ1n) is 6.24. The van der Waals surface area contributed by atoms with E-state index in [9.17, 15) is 9.90 Å². The number of rotatable bonds is 2. The normalized spacial score (nSPS) is 19.6. The van der Waals surface area contributed by atoms with E-state index in [0.29, 0.717) is 17.2 Å². The Labute approximate surface area is 102 Å². The highest BCUT2D eigenvalue weighted by atomic mass is 16.3. The summed E-state index contributed by atoms with van der Waals surface area (Å²) >= 11 is 0. The molecule has 0 saturated carbocycles. The molecular weight excluding hydrogens is 214 g/mol. The molecule has 1 unspecified atom stereocenters. The van der Waals surface area contributed by atoms with Gasteiger partial charge >= 0.3 is 0 Å². The molecule has 0 radical (unpaired) electrons. The number of amides is 1. The van der Waals surface area contributed by atoms with Crippen molar-refractivity contribution >= 4 is 5.91 Å². The zero-order chi connectivity index (χ0) is 12.4. The van der Waals surface area contributed by atoms with Gasteiger partial charge in [-0.05, 0) is 38.3 Å². The Balaban J connectivity index is 2.28. The Morgan fingerprint density at radius 1 is 1.53 bits per heavy atom. The third-order valence-electron chi connectivity index (χ3n) is 3.64. The number of phenolic OH excluding ortho intramolecular Hbond substituents is 1. The van der Waals surface area contributed by atoms with Crippen LogP contribution < -0.4 is 0 Å². The standard InChI is InChI=1S/C14H19NO2/c1-3-11-6-5-9-15(11)14(17)12-7-4-8-13(16)10(12)2/h4,7-8,11,16H,3,5-6,9H2,1-2H3. The Morgan fingerprint density at radius 2 is 2.29 bits per heavy atom. The second-order valence-corrected chi connectivity index (χ2v) is 4.65. The average Bonchev–Trinajstić information content (AvgIpc) is 2.80. The van der Waals surface area contributed by atoms with E-state index in [0.717, 1.165) is 25.8 Å². The highest BCUT2D eigenvalue weighted by Gasteiger charge is 2.28. The molecule has 0 bridgehead atoms. The average molecular weight is 233 g/mol. The molecule has 1 N–H and O–H groups in total. The van der Waals surface area contributed by atoms with Gasteiger partial charge in [0.15, 0.2) is 0 Å². The van der Waals surface area contributed by atoms with Crippen LogP contribution >= 0.6 is 0 Å². The minimum atomic E-state index is 0.0581. The number of carbonyl (C=O) groups is 1. The predicted octanol–water partition coefficient (Wildman–Crippen LogP) is 2.72. The third kappa shape index (κ3) is 2.14. The largest absolute Gasteiger partial charge is 0.508 e. The topological polar surface area (TPSA) is 40.5 Å². The molecule has 1 saturated heterocycles. The van der Waals surface area contributed by atoms with Crippen molar-refractivity contribution in [1.29, 1.82) is 0 Å². The maximum Gasteiger partial charge on any atom is 0.254 e. The van der Waals surface area contributed by atoms with Gasteiger partial charge in [0.2, 0.25) is 0 Å². The smallest absolute Gasteiger partial charge is 0.254 e. The molecule has 3 nitrogen and oxygen atoms in total. The highest BCUT2D eigenvalue weighted by molar-refractivity contribution is 5.96. The van der Waals surface area contributed by atoms with Crippen LogP contribution in [0.3, 0.4) is 0 Å². The number of carbonyl (C=O) groups excluding carboxylic acids is 1. The van der Waals surface area contributed by atoms with Gasteiger partial charge in [-0.1, -0.05) is 13.0 Å². The van der Waals surface area contributed by atoms with E-state index in [1.165, 1.54) is 0 Å². The molecule has 1 heterocycles. The second-order valence-electron chi connectivity index (χ2n) is 4.65. The summed E-state index contributed by atoms with van der Waals surface area (Å²) in [7, 11) is 0. The minimum Gasteiger partial charge on any atom is -0.508 e. The molecule has 0 spiro atoms. The fourth-order valence-electron chi connectivity index (χ4n) is 2.54. The Bertz CT molecular complexity index is 428. The van der Waals surface area contributed by atoms with Crippen LogP contribution in [0.2, 0.25) is 0 Å². The lowest BCUT2D eigenvalue weighted by molar-refractivity contribution is 0.0732. The van der Waals surface area contributed by atoms with Gasteiger partial charge in [-0.15, -0.1) is 0 Å². The predicted molar refractivity (Wildman–Crippen MR) is 67.2 cm³/mol. The summed E-state index contributed by atoms with van der Waals surface area (Å²) in [5.41, 5.74) is 1.31. The number of likely N-dealkylation sites (tertiary alicyclic amines) is 1. The van der Waals surface area contributed by atoms with Crippen LogP contribution in [-0.4, -0.2) is 28.5 Å². The first kappa shape index (κ1) is 12.0. The Hall–Kier alpha value is -1.51. The summed E-state index contributed by atoms with van der Waals surface area (Å²) in [6.07, 6.45) is 3.19. The summed E-state index contributed by atoms with van der Waals surface area (Å²) in [6, 6.07) is 5.51. The van der Waals surface area contributed by atoms with Gasteiger partial charge in [0, 0.05) is 23.7 Å². The van der Waals surface area contributed by atoms with Crippen molar-refractivity contribution in [3.8, 4) is 5.75 Å². The van der Waals surface area contributed by atoms with Gasteiger partial charge in [-0.3, -0.25) is 4.79 Å². The maximum absolute atomic E-state index is 12.4. The van der Waals surface area contributed by atoms with E-state index >= 15 is 0 Å². The molecular formula is C14H19NO2. The lowest BCUT2D eigenvalue weighted by Gasteiger charge is -2.24.